The fourth-order valence-corrected chi connectivity index (χ4v) is 7.20. The number of hydrogen-bond donors (Lipinski definition) is 0. The van der Waals surface area contributed by atoms with Crippen LogP contribution < -0.4 is 0 Å². The zero-order chi connectivity index (χ0) is 43.5. The van der Waals surface area contributed by atoms with E-state index in [1.807, 2.05) is 0 Å². The lowest BCUT2D eigenvalue weighted by Crippen LogP contribution is -2.30. The molecular weight excluding hydrogens is 741 g/mol. The van der Waals surface area contributed by atoms with Gasteiger partial charge in [-0.2, -0.15) is 0 Å². The van der Waals surface area contributed by atoms with Gasteiger partial charge in [0.1, 0.15) is 6.61 Å². The number of carbonyl (C=O) groups is 2. The van der Waals surface area contributed by atoms with Gasteiger partial charge in [0.2, 0.25) is 0 Å². The normalized spacial score (nSPS) is 12.7. The highest BCUT2D eigenvalue weighted by molar-refractivity contribution is 5.70. The number of ether oxygens (including phenoxy) is 3. The van der Waals surface area contributed by atoms with Crippen molar-refractivity contribution in [1.29, 1.82) is 0 Å². The molecule has 0 radical (unpaired) electrons. The van der Waals surface area contributed by atoms with Crippen LogP contribution in [-0.2, 0) is 23.8 Å². The number of rotatable bonds is 47. The van der Waals surface area contributed by atoms with E-state index in [9.17, 15) is 9.59 Å². The second kappa shape index (κ2) is 51.0. The van der Waals surface area contributed by atoms with Crippen LogP contribution in [0.5, 0.6) is 0 Å². The van der Waals surface area contributed by atoms with E-state index in [2.05, 4.69) is 81.5 Å². The van der Waals surface area contributed by atoms with Crippen molar-refractivity contribution < 1.29 is 23.8 Å². The highest BCUT2D eigenvalue weighted by Crippen LogP contribution is 2.15. The van der Waals surface area contributed by atoms with E-state index in [-0.39, 0.29) is 25.2 Å². The highest BCUT2D eigenvalue weighted by Gasteiger charge is 2.17. The topological polar surface area (TPSA) is 61.8 Å². The van der Waals surface area contributed by atoms with Crippen LogP contribution in [0, 0.1) is 0 Å². The molecule has 0 N–H and O–H groups in total. The maximum Gasteiger partial charge on any atom is 0.306 e. The maximum absolute atomic E-state index is 12.8. The summed E-state index contributed by atoms with van der Waals surface area (Å²) < 4.78 is 17.4. The molecule has 0 bridgehead atoms. The van der Waals surface area contributed by atoms with Crippen LogP contribution in [0.2, 0.25) is 0 Å². The third kappa shape index (κ3) is 48.3. The zero-order valence-electron chi connectivity index (χ0n) is 40.0. The minimum atomic E-state index is -0.552. The fourth-order valence-electron chi connectivity index (χ4n) is 7.20. The number of unbranched alkanes of at least 4 members (excludes halogenated alkanes) is 26. The van der Waals surface area contributed by atoms with E-state index >= 15 is 0 Å². The molecule has 0 fully saturated rings. The molecule has 0 aromatic carbocycles. The van der Waals surface area contributed by atoms with E-state index < -0.39 is 6.10 Å². The van der Waals surface area contributed by atoms with Gasteiger partial charge in [0, 0.05) is 19.4 Å². The van der Waals surface area contributed by atoms with Gasteiger partial charge in [-0.1, -0.05) is 216 Å². The Labute approximate surface area is 373 Å². The Morgan fingerprint density at radius 3 is 1.23 bits per heavy atom. The van der Waals surface area contributed by atoms with Crippen molar-refractivity contribution in [1.82, 2.24) is 0 Å². The van der Waals surface area contributed by atoms with Gasteiger partial charge in [-0.25, -0.2) is 0 Å². The molecule has 5 heteroatoms. The summed E-state index contributed by atoms with van der Waals surface area (Å²) in [6.45, 7) is 7.65. The SMILES string of the molecule is CC/C=C\C/C=C\C/C=C\CCCCCCOCC(COC(=O)CCCCCCC/C=C\C/C=C\CCCCC)OC(=O)CCCCCCCCCCCCCCCCC. The number of allylic oxidation sites excluding steroid dienone is 10. The van der Waals surface area contributed by atoms with Gasteiger partial charge in [-0.15, -0.1) is 0 Å². The zero-order valence-corrected chi connectivity index (χ0v) is 40.0. The Hall–Kier alpha value is -2.40. The first-order valence-electron chi connectivity index (χ1n) is 25.8. The Morgan fingerprint density at radius 2 is 0.750 bits per heavy atom. The Bertz CT molecular complexity index is 1040. The Balaban J connectivity index is 4.31. The standard InChI is InChI=1S/C55H98O5/c1-4-7-10-13-16-19-22-25-28-30-33-36-39-42-45-48-54(56)59-52-53(51-58-50-47-44-41-38-35-32-27-24-21-18-15-12-9-6-3)60-55(57)49-46-43-40-37-34-31-29-26-23-20-17-14-11-8-5-2/h9,12,16,18-19,21,25,27-28,32,53H,4-8,10-11,13-15,17,20,22-24,26,29-31,33-52H2,1-3H3/b12-9-,19-16-,21-18-,28-25-,32-27-. The van der Waals surface area contributed by atoms with E-state index in [1.54, 1.807) is 0 Å². The van der Waals surface area contributed by atoms with Crippen LogP contribution >= 0.6 is 0 Å². The maximum atomic E-state index is 12.8. The molecule has 5 nitrogen and oxygen atoms in total. The van der Waals surface area contributed by atoms with E-state index in [1.165, 1.54) is 135 Å². The molecule has 0 aliphatic carbocycles. The van der Waals surface area contributed by atoms with Gasteiger partial charge in [0.05, 0.1) is 6.61 Å². The quantitative estimate of drug-likeness (QED) is 0.0347. The van der Waals surface area contributed by atoms with Gasteiger partial charge in [-0.05, 0) is 83.5 Å². The van der Waals surface area contributed by atoms with Gasteiger partial charge >= 0.3 is 11.9 Å². The van der Waals surface area contributed by atoms with Crippen molar-refractivity contribution in [2.24, 2.45) is 0 Å². The first-order valence-corrected chi connectivity index (χ1v) is 25.8. The number of hydrogen-bond acceptors (Lipinski definition) is 5. The van der Waals surface area contributed by atoms with Crippen molar-refractivity contribution in [2.75, 3.05) is 19.8 Å². The molecule has 0 aromatic rings. The van der Waals surface area contributed by atoms with Gasteiger partial charge in [0.25, 0.3) is 0 Å². The second-order valence-electron chi connectivity index (χ2n) is 17.0. The average Bonchev–Trinajstić information content (AvgIpc) is 3.25. The summed E-state index contributed by atoms with van der Waals surface area (Å²) in [5, 5.41) is 0. The predicted octanol–water partition coefficient (Wildman–Crippen LogP) is 17.3. The summed E-state index contributed by atoms with van der Waals surface area (Å²) in [4.78, 5) is 25.4. The van der Waals surface area contributed by atoms with Crippen LogP contribution in [0.25, 0.3) is 0 Å². The molecule has 0 aliphatic heterocycles. The Morgan fingerprint density at radius 1 is 0.383 bits per heavy atom. The van der Waals surface area contributed by atoms with E-state index in [0.29, 0.717) is 19.4 Å². The molecule has 0 saturated heterocycles. The molecule has 0 aromatic heterocycles. The van der Waals surface area contributed by atoms with Crippen molar-refractivity contribution >= 4 is 11.9 Å². The third-order valence-electron chi connectivity index (χ3n) is 11.0. The monoisotopic (exact) mass is 839 g/mol. The van der Waals surface area contributed by atoms with Crippen LogP contribution in [0.1, 0.15) is 252 Å². The largest absolute Gasteiger partial charge is 0.462 e. The minimum absolute atomic E-state index is 0.0701. The molecule has 0 heterocycles. The van der Waals surface area contributed by atoms with Crippen molar-refractivity contribution in [2.45, 2.75) is 258 Å². The molecule has 1 unspecified atom stereocenters. The highest BCUT2D eigenvalue weighted by atomic mass is 16.6. The summed E-state index contributed by atoms with van der Waals surface area (Å²) in [6, 6.07) is 0. The van der Waals surface area contributed by atoms with E-state index in [4.69, 9.17) is 14.2 Å². The second-order valence-corrected chi connectivity index (χ2v) is 17.0. The molecule has 0 amide bonds. The first-order chi connectivity index (χ1) is 29.6. The van der Waals surface area contributed by atoms with Crippen molar-refractivity contribution in [3.05, 3.63) is 60.8 Å². The molecule has 0 saturated carbocycles. The summed E-state index contributed by atoms with van der Waals surface area (Å²) in [5.41, 5.74) is 0. The fraction of sp³-hybridized carbons (Fsp3) is 0.782. The minimum Gasteiger partial charge on any atom is -0.462 e. The third-order valence-corrected chi connectivity index (χ3v) is 11.0. The van der Waals surface area contributed by atoms with Gasteiger partial charge in [-0.3, -0.25) is 9.59 Å². The molecular formula is C55H98O5. The molecule has 0 aliphatic rings. The number of carbonyl (C=O) groups excluding carboxylic acids is 2. The van der Waals surface area contributed by atoms with Gasteiger partial charge in [0.15, 0.2) is 6.10 Å². The summed E-state index contributed by atoms with van der Waals surface area (Å²) in [5.74, 6) is -0.418. The summed E-state index contributed by atoms with van der Waals surface area (Å²) in [6.07, 6.45) is 63.7. The van der Waals surface area contributed by atoms with E-state index in [0.717, 1.165) is 83.5 Å². The Kier molecular flexibility index (Phi) is 48.9. The molecule has 348 valence electrons. The van der Waals surface area contributed by atoms with Crippen LogP contribution in [-0.4, -0.2) is 37.9 Å². The smallest absolute Gasteiger partial charge is 0.306 e. The summed E-state index contributed by atoms with van der Waals surface area (Å²) >= 11 is 0. The lowest BCUT2D eigenvalue weighted by molar-refractivity contribution is -0.163. The average molecular weight is 839 g/mol. The van der Waals surface area contributed by atoms with Gasteiger partial charge < -0.3 is 14.2 Å². The van der Waals surface area contributed by atoms with Crippen LogP contribution in [0.15, 0.2) is 60.8 Å². The molecule has 0 spiro atoms. The number of esters is 2. The lowest BCUT2D eigenvalue weighted by Gasteiger charge is -2.18. The molecule has 0 rings (SSSR count). The van der Waals surface area contributed by atoms with Crippen molar-refractivity contribution in [3.8, 4) is 0 Å². The first kappa shape index (κ1) is 57.6. The molecule has 60 heavy (non-hydrogen) atoms. The van der Waals surface area contributed by atoms with Crippen LogP contribution in [0.4, 0.5) is 0 Å². The summed E-state index contributed by atoms with van der Waals surface area (Å²) in [7, 11) is 0. The molecule has 1 atom stereocenters. The van der Waals surface area contributed by atoms with Crippen LogP contribution in [0.3, 0.4) is 0 Å². The van der Waals surface area contributed by atoms with Crippen molar-refractivity contribution in [3.63, 3.8) is 0 Å². The predicted molar refractivity (Wildman–Crippen MR) is 261 cm³/mol. The lowest BCUT2D eigenvalue weighted by atomic mass is 10.0.